The molecule has 0 aliphatic carbocycles. The maximum atomic E-state index is 12.7. The van der Waals surface area contributed by atoms with Crippen molar-refractivity contribution < 1.29 is 9.53 Å². The summed E-state index contributed by atoms with van der Waals surface area (Å²) in [6.07, 6.45) is 3.40. The van der Waals surface area contributed by atoms with Gasteiger partial charge < -0.3 is 9.64 Å². The molecule has 1 aromatic carbocycles. The normalized spacial score (nSPS) is 11.7. The predicted molar refractivity (Wildman–Crippen MR) is 82.3 cm³/mol. The number of aromatic nitrogens is 2. The summed E-state index contributed by atoms with van der Waals surface area (Å²) >= 11 is 0. The van der Waals surface area contributed by atoms with Crippen molar-refractivity contribution in [2.24, 2.45) is 0 Å². The molecule has 0 aliphatic heterocycles. The van der Waals surface area contributed by atoms with Crippen molar-refractivity contribution >= 4 is 11.6 Å². The van der Waals surface area contributed by atoms with E-state index in [0.29, 0.717) is 18.7 Å². The summed E-state index contributed by atoms with van der Waals surface area (Å²) in [5.41, 5.74) is 1.29. The molecule has 0 unspecified atom stereocenters. The van der Waals surface area contributed by atoms with E-state index >= 15 is 0 Å². The summed E-state index contributed by atoms with van der Waals surface area (Å²) in [5, 5.41) is 13.0. The molecule has 0 spiro atoms. The van der Waals surface area contributed by atoms with Crippen LogP contribution in [0.5, 0.6) is 0 Å². The third kappa shape index (κ3) is 3.51. The molecule has 1 amide bonds. The number of ether oxygens (including phenoxy) is 1. The van der Waals surface area contributed by atoms with E-state index in [1.54, 1.807) is 66.3 Å². The van der Waals surface area contributed by atoms with E-state index in [2.05, 4.69) is 11.2 Å². The van der Waals surface area contributed by atoms with E-state index in [1.165, 1.54) is 0 Å². The van der Waals surface area contributed by atoms with Gasteiger partial charge in [-0.3, -0.25) is 9.48 Å². The lowest BCUT2D eigenvalue weighted by atomic mass is 10.2. The molecule has 1 aromatic heterocycles. The molecule has 0 N–H and O–H groups in total. The predicted octanol–water partition coefficient (Wildman–Crippen LogP) is 2.00. The molecule has 6 heteroatoms. The van der Waals surface area contributed by atoms with Gasteiger partial charge >= 0.3 is 0 Å². The third-order valence-corrected chi connectivity index (χ3v) is 3.37. The van der Waals surface area contributed by atoms with Gasteiger partial charge in [-0.1, -0.05) is 0 Å². The average Bonchev–Trinajstić information content (AvgIpc) is 3.09. The summed E-state index contributed by atoms with van der Waals surface area (Å²) in [7, 11) is 1.60. The van der Waals surface area contributed by atoms with Crippen molar-refractivity contribution in [3.8, 4) is 6.07 Å². The molecule has 1 heterocycles. The Morgan fingerprint density at radius 3 is 2.73 bits per heavy atom. The van der Waals surface area contributed by atoms with Crippen LogP contribution in [0.15, 0.2) is 42.7 Å². The molecule has 0 fully saturated rings. The molecular formula is C16H18N4O2. The topological polar surface area (TPSA) is 71.2 Å². The summed E-state index contributed by atoms with van der Waals surface area (Å²) in [4.78, 5) is 14.4. The van der Waals surface area contributed by atoms with Crippen LogP contribution in [0.4, 0.5) is 5.69 Å². The summed E-state index contributed by atoms with van der Waals surface area (Å²) in [6.45, 7) is 2.67. The minimum Gasteiger partial charge on any atom is -0.383 e. The van der Waals surface area contributed by atoms with Gasteiger partial charge in [0.05, 0.1) is 18.2 Å². The Morgan fingerprint density at radius 1 is 1.45 bits per heavy atom. The molecule has 114 valence electrons. The van der Waals surface area contributed by atoms with Crippen LogP contribution < -0.4 is 4.90 Å². The fraction of sp³-hybridized carbons (Fsp3) is 0.312. The summed E-state index contributed by atoms with van der Waals surface area (Å²) in [6, 6.07) is 10.4. The van der Waals surface area contributed by atoms with Crippen molar-refractivity contribution in [1.29, 1.82) is 5.26 Å². The van der Waals surface area contributed by atoms with Crippen LogP contribution in [-0.2, 0) is 9.53 Å². The molecule has 6 nitrogen and oxygen atoms in total. The van der Waals surface area contributed by atoms with Crippen molar-refractivity contribution in [3.63, 3.8) is 0 Å². The Balaban J connectivity index is 2.24. The summed E-state index contributed by atoms with van der Waals surface area (Å²) in [5.74, 6) is -0.0783. The minimum absolute atomic E-state index is 0.0783. The number of amides is 1. The first-order valence-electron chi connectivity index (χ1n) is 6.97. The molecule has 2 aromatic rings. The van der Waals surface area contributed by atoms with E-state index < -0.39 is 6.04 Å². The second-order valence-electron chi connectivity index (χ2n) is 4.80. The molecule has 0 radical (unpaired) electrons. The quantitative estimate of drug-likeness (QED) is 0.817. The Kier molecular flexibility index (Phi) is 5.28. The second-order valence-corrected chi connectivity index (χ2v) is 4.80. The zero-order valence-corrected chi connectivity index (χ0v) is 12.6. The highest BCUT2D eigenvalue weighted by atomic mass is 16.5. The molecule has 1 atom stereocenters. The van der Waals surface area contributed by atoms with Gasteiger partial charge in [0.25, 0.3) is 5.91 Å². The molecular weight excluding hydrogens is 280 g/mol. The van der Waals surface area contributed by atoms with Crippen molar-refractivity contribution in [2.45, 2.75) is 13.0 Å². The number of carbonyl (C=O) groups is 1. The van der Waals surface area contributed by atoms with Gasteiger partial charge in [-0.15, -0.1) is 0 Å². The lowest BCUT2D eigenvalue weighted by molar-refractivity contribution is -0.121. The fourth-order valence-corrected chi connectivity index (χ4v) is 2.11. The van der Waals surface area contributed by atoms with E-state index in [9.17, 15) is 4.79 Å². The third-order valence-electron chi connectivity index (χ3n) is 3.37. The molecule has 2 rings (SSSR count). The lowest BCUT2D eigenvalue weighted by Gasteiger charge is -2.26. The number of nitrogens with zero attached hydrogens (tertiary/aromatic N) is 4. The van der Waals surface area contributed by atoms with Crippen LogP contribution in [0, 0.1) is 11.3 Å². The SMILES string of the molecule is COCCN(C(=O)[C@@H](C)n1cccn1)c1ccc(C#N)cc1. The Labute approximate surface area is 129 Å². The number of methoxy groups -OCH3 is 1. The van der Waals surface area contributed by atoms with E-state index in [0.717, 1.165) is 5.69 Å². The van der Waals surface area contributed by atoms with Gasteiger partial charge in [-0.25, -0.2) is 0 Å². The largest absolute Gasteiger partial charge is 0.383 e. The monoisotopic (exact) mass is 298 g/mol. The standard InChI is InChI=1S/C16H18N4O2/c1-13(20-9-3-8-18-20)16(21)19(10-11-22-2)15-6-4-14(12-17)5-7-15/h3-9,13H,10-11H2,1-2H3/t13-/m1/s1. The Hall–Kier alpha value is -2.65. The van der Waals surface area contributed by atoms with Crippen molar-refractivity contribution in [2.75, 3.05) is 25.2 Å². The number of hydrogen-bond acceptors (Lipinski definition) is 4. The van der Waals surface area contributed by atoms with Crippen LogP contribution >= 0.6 is 0 Å². The first kappa shape index (κ1) is 15.7. The van der Waals surface area contributed by atoms with Crippen molar-refractivity contribution in [3.05, 3.63) is 48.3 Å². The highest BCUT2D eigenvalue weighted by Gasteiger charge is 2.23. The highest BCUT2D eigenvalue weighted by Crippen LogP contribution is 2.19. The first-order chi connectivity index (χ1) is 10.7. The number of benzene rings is 1. The molecule has 0 saturated carbocycles. The van der Waals surface area contributed by atoms with Crippen LogP contribution in [0.25, 0.3) is 0 Å². The van der Waals surface area contributed by atoms with Crippen LogP contribution in [0.2, 0.25) is 0 Å². The number of rotatable bonds is 6. The average molecular weight is 298 g/mol. The number of nitriles is 1. The smallest absolute Gasteiger partial charge is 0.251 e. The maximum Gasteiger partial charge on any atom is 0.251 e. The fourth-order valence-electron chi connectivity index (χ4n) is 2.11. The van der Waals surface area contributed by atoms with Crippen LogP contribution in [-0.4, -0.2) is 35.9 Å². The minimum atomic E-state index is -0.414. The van der Waals surface area contributed by atoms with Crippen molar-refractivity contribution in [1.82, 2.24) is 9.78 Å². The van der Waals surface area contributed by atoms with Crippen LogP contribution in [0.3, 0.4) is 0 Å². The van der Waals surface area contributed by atoms with Gasteiger partial charge in [0.1, 0.15) is 6.04 Å². The maximum absolute atomic E-state index is 12.7. The Bertz CT molecular complexity index is 644. The summed E-state index contributed by atoms with van der Waals surface area (Å²) < 4.78 is 6.71. The molecule has 0 saturated heterocycles. The molecule has 0 bridgehead atoms. The highest BCUT2D eigenvalue weighted by molar-refractivity contribution is 5.95. The van der Waals surface area contributed by atoms with E-state index in [4.69, 9.17) is 10.00 Å². The lowest BCUT2D eigenvalue weighted by Crippen LogP contribution is -2.38. The zero-order chi connectivity index (χ0) is 15.9. The molecule has 22 heavy (non-hydrogen) atoms. The second kappa shape index (κ2) is 7.38. The van der Waals surface area contributed by atoms with Crippen LogP contribution in [0.1, 0.15) is 18.5 Å². The first-order valence-corrected chi connectivity index (χ1v) is 6.97. The van der Waals surface area contributed by atoms with Gasteiger partial charge in [-0.05, 0) is 37.3 Å². The van der Waals surface area contributed by atoms with Gasteiger partial charge in [0.2, 0.25) is 0 Å². The van der Waals surface area contributed by atoms with E-state index in [-0.39, 0.29) is 5.91 Å². The number of carbonyl (C=O) groups excluding carboxylic acids is 1. The Morgan fingerprint density at radius 2 is 2.18 bits per heavy atom. The molecule has 0 aliphatic rings. The van der Waals surface area contributed by atoms with E-state index in [1.807, 2.05) is 0 Å². The number of hydrogen-bond donors (Lipinski definition) is 0. The van der Waals surface area contributed by atoms with Gasteiger partial charge in [0.15, 0.2) is 0 Å². The zero-order valence-electron chi connectivity index (χ0n) is 12.6. The number of anilines is 1. The van der Waals surface area contributed by atoms with Gasteiger partial charge in [0, 0.05) is 31.7 Å². The van der Waals surface area contributed by atoms with Gasteiger partial charge in [-0.2, -0.15) is 10.4 Å².